The second kappa shape index (κ2) is 15.2. The summed E-state index contributed by atoms with van der Waals surface area (Å²) >= 11 is 0. The lowest BCUT2D eigenvalue weighted by Gasteiger charge is -2.42. The molecule has 3 fully saturated rings. The number of hydrogen-bond acceptors (Lipinski definition) is 8. The van der Waals surface area contributed by atoms with Crippen molar-refractivity contribution in [2.75, 3.05) is 56.1 Å². The van der Waals surface area contributed by atoms with Crippen LogP contribution in [0, 0.1) is 0 Å². The fourth-order valence-corrected chi connectivity index (χ4v) is 6.49. The molecular formula is C32H47N7O3. The van der Waals surface area contributed by atoms with Gasteiger partial charge in [0.25, 0.3) is 0 Å². The maximum Gasteiger partial charge on any atom is 0.329 e. The maximum absolute atomic E-state index is 13.2. The first-order valence-corrected chi connectivity index (χ1v) is 15.9. The van der Waals surface area contributed by atoms with Crippen molar-refractivity contribution in [2.24, 2.45) is 0 Å². The molecule has 2 atom stereocenters. The first-order chi connectivity index (χ1) is 20.6. The lowest BCUT2D eigenvalue weighted by atomic mass is 9.98. The summed E-state index contributed by atoms with van der Waals surface area (Å²) in [7, 11) is 0. The van der Waals surface area contributed by atoms with E-state index >= 15 is 0 Å². The highest BCUT2D eigenvalue weighted by Gasteiger charge is 2.32. The number of rotatable bonds is 9. The van der Waals surface area contributed by atoms with Gasteiger partial charge in [0.05, 0.1) is 6.61 Å². The van der Waals surface area contributed by atoms with Crippen molar-refractivity contribution in [2.45, 2.75) is 82.8 Å². The number of carbonyl (C=O) groups excluding carboxylic acids is 2. The largest absolute Gasteiger partial charge is 0.464 e. The zero-order valence-electron chi connectivity index (χ0n) is 25.0. The number of carbonyl (C=O) groups is 2. The Balaban J connectivity index is 1.11. The Kier molecular flexibility index (Phi) is 10.9. The quantitative estimate of drug-likeness (QED) is 0.430. The van der Waals surface area contributed by atoms with Crippen LogP contribution in [-0.4, -0.2) is 95.8 Å². The smallest absolute Gasteiger partial charge is 0.329 e. The highest BCUT2D eigenvalue weighted by molar-refractivity contribution is 5.84. The third-order valence-corrected chi connectivity index (χ3v) is 8.78. The van der Waals surface area contributed by atoms with E-state index in [1.807, 2.05) is 47.5 Å². The lowest BCUT2D eigenvalue weighted by molar-refractivity contribution is -0.145. The molecule has 2 unspecified atom stereocenters. The van der Waals surface area contributed by atoms with E-state index in [1.165, 1.54) is 25.7 Å². The predicted molar refractivity (Wildman–Crippen MR) is 165 cm³/mol. The zero-order valence-corrected chi connectivity index (χ0v) is 25.0. The van der Waals surface area contributed by atoms with Gasteiger partial charge in [0.15, 0.2) is 0 Å². The molecule has 10 heteroatoms. The summed E-state index contributed by atoms with van der Waals surface area (Å²) in [5, 5.41) is 6.58. The molecule has 3 aliphatic rings. The van der Waals surface area contributed by atoms with E-state index in [0.717, 1.165) is 69.2 Å². The van der Waals surface area contributed by atoms with Gasteiger partial charge in [-0.2, -0.15) is 4.98 Å². The lowest BCUT2D eigenvalue weighted by Crippen LogP contribution is -2.55. The van der Waals surface area contributed by atoms with Gasteiger partial charge in [-0.1, -0.05) is 43.2 Å². The van der Waals surface area contributed by atoms with Gasteiger partial charge in [-0.05, 0) is 63.6 Å². The Hall–Kier alpha value is -3.40. The van der Waals surface area contributed by atoms with Crippen LogP contribution in [0.5, 0.6) is 0 Å². The zero-order chi connectivity index (χ0) is 29.1. The Morgan fingerprint density at radius 1 is 0.952 bits per heavy atom. The molecule has 1 aromatic heterocycles. The molecule has 228 valence electrons. The number of hydrogen-bond donors (Lipinski definition) is 2. The minimum Gasteiger partial charge on any atom is -0.464 e. The molecule has 0 radical (unpaired) electrons. The second-order valence-electron chi connectivity index (χ2n) is 11.8. The van der Waals surface area contributed by atoms with E-state index in [2.05, 4.69) is 25.4 Å². The third-order valence-electron chi connectivity index (χ3n) is 8.78. The van der Waals surface area contributed by atoms with E-state index in [9.17, 15) is 9.59 Å². The normalized spacial score (nSPS) is 21.3. The molecule has 3 aliphatic heterocycles. The third kappa shape index (κ3) is 8.33. The predicted octanol–water partition coefficient (Wildman–Crippen LogP) is 4.08. The van der Waals surface area contributed by atoms with Crippen LogP contribution in [0.25, 0.3) is 0 Å². The Morgan fingerprint density at radius 2 is 1.71 bits per heavy atom. The summed E-state index contributed by atoms with van der Waals surface area (Å²) in [6.45, 7) is 7.59. The van der Waals surface area contributed by atoms with Gasteiger partial charge in [-0.15, -0.1) is 0 Å². The fourth-order valence-electron chi connectivity index (χ4n) is 6.49. The number of ether oxygens (including phenoxy) is 1. The van der Waals surface area contributed by atoms with E-state index in [4.69, 9.17) is 9.72 Å². The molecule has 3 saturated heterocycles. The van der Waals surface area contributed by atoms with Crippen molar-refractivity contribution in [1.82, 2.24) is 25.1 Å². The minimum absolute atomic E-state index is 0.193. The number of urea groups is 1. The summed E-state index contributed by atoms with van der Waals surface area (Å²) < 4.78 is 5.26. The number of aromatic nitrogens is 2. The molecule has 0 aliphatic carbocycles. The van der Waals surface area contributed by atoms with Crippen LogP contribution in [0.3, 0.4) is 0 Å². The first-order valence-electron chi connectivity index (χ1n) is 15.9. The van der Waals surface area contributed by atoms with Crippen molar-refractivity contribution >= 4 is 23.8 Å². The fraction of sp³-hybridized carbons (Fsp3) is 0.625. The number of esters is 1. The standard InChI is InChI=1S/C32H47N7O3/c1-2-42-30(40)28(23-25-11-6-5-7-12-25)35-32(41)38-21-15-27(16-22-38)39-20-10-13-26(24-39)34-31-33-17-14-29(36-31)37-18-8-3-4-9-19-37/h5-7,11-12,14,17,26-28H,2-4,8-10,13,15-16,18-24H2,1H3,(H,35,41)(H,33,34,36). The summed E-state index contributed by atoms with van der Waals surface area (Å²) in [6, 6.07) is 11.6. The summed E-state index contributed by atoms with van der Waals surface area (Å²) in [5.41, 5.74) is 0.988. The van der Waals surface area contributed by atoms with Crippen LogP contribution in [0.4, 0.5) is 16.6 Å². The molecule has 0 spiro atoms. The number of piperidine rings is 2. The van der Waals surface area contributed by atoms with Crippen molar-refractivity contribution in [3.63, 3.8) is 0 Å². The van der Waals surface area contributed by atoms with E-state index in [1.54, 1.807) is 6.92 Å². The number of likely N-dealkylation sites (tertiary alicyclic amines) is 2. The SMILES string of the molecule is CCOC(=O)C(Cc1ccccc1)NC(=O)N1CCC(N2CCCC(Nc3nccc(N4CCCCCC4)n3)C2)CC1. The number of anilines is 2. The van der Waals surface area contributed by atoms with Gasteiger partial charge in [0.1, 0.15) is 11.9 Å². The van der Waals surface area contributed by atoms with Crippen LogP contribution in [0.1, 0.15) is 63.9 Å². The minimum atomic E-state index is -0.702. The molecule has 4 heterocycles. The monoisotopic (exact) mass is 577 g/mol. The van der Waals surface area contributed by atoms with Crippen LogP contribution in [0.15, 0.2) is 42.6 Å². The molecular weight excluding hydrogens is 530 g/mol. The van der Waals surface area contributed by atoms with Gasteiger partial charge < -0.3 is 25.2 Å². The average molecular weight is 578 g/mol. The molecule has 42 heavy (non-hydrogen) atoms. The molecule has 0 bridgehead atoms. The maximum atomic E-state index is 13.2. The van der Waals surface area contributed by atoms with Gasteiger partial charge in [0.2, 0.25) is 5.95 Å². The molecule has 0 saturated carbocycles. The Bertz CT molecular complexity index is 1130. The number of amides is 2. The van der Waals surface area contributed by atoms with Gasteiger partial charge in [0, 0.05) is 57.4 Å². The molecule has 2 N–H and O–H groups in total. The van der Waals surface area contributed by atoms with Crippen molar-refractivity contribution < 1.29 is 14.3 Å². The van der Waals surface area contributed by atoms with Crippen LogP contribution < -0.4 is 15.5 Å². The van der Waals surface area contributed by atoms with E-state index in [-0.39, 0.29) is 12.6 Å². The summed E-state index contributed by atoms with van der Waals surface area (Å²) in [6.07, 6.45) is 11.4. The van der Waals surface area contributed by atoms with Gasteiger partial charge in [-0.3, -0.25) is 4.90 Å². The van der Waals surface area contributed by atoms with E-state index in [0.29, 0.717) is 31.6 Å². The highest BCUT2D eigenvalue weighted by Crippen LogP contribution is 2.24. The first kappa shape index (κ1) is 30.1. The van der Waals surface area contributed by atoms with Crippen molar-refractivity contribution in [1.29, 1.82) is 0 Å². The number of nitrogens with zero attached hydrogens (tertiary/aromatic N) is 5. The molecule has 2 aromatic rings. The molecule has 1 aromatic carbocycles. The Morgan fingerprint density at radius 3 is 2.45 bits per heavy atom. The van der Waals surface area contributed by atoms with Gasteiger partial charge >= 0.3 is 12.0 Å². The van der Waals surface area contributed by atoms with Crippen LogP contribution in [0.2, 0.25) is 0 Å². The molecule has 2 amide bonds. The topological polar surface area (TPSA) is 103 Å². The van der Waals surface area contributed by atoms with Crippen LogP contribution in [-0.2, 0) is 16.0 Å². The Labute approximate surface area is 250 Å². The van der Waals surface area contributed by atoms with Crippen molar-refractivity contribution in [3.05, 3.63) is 48.2 Å². The number of benzene rings is 1. The molecule has 10 nitrogen and oxygen atoms in total. The van der Waals surface area contributed by atoms with E-state index < -0.39 is 12.0 Å². The molecule has 5 rings (SSSR count). The van der Waals surface area contributed by atoms with Gasteiger partial charge in [-0.25, -0.2) is 14.6 Å². The van der Waals surface area contributed by atoms with Crippen LogP contribution >= 0.6 is 0 Å². The highest BCUT2D eigenvalue weighted by atomic mass is 16.5. The summed E-state index contributed by atoms with van der Waals surface area (Å²) in [4.78, 5) is 42.0. The van der Waals surface area contributed by atoms with Crippen molar-refractivity contribution in [3.8, 4) is 0 Å². The summed E-state index contributed by atoms with van der Waals surface area (Å²) in [5.74, 6) is 1.36. The second-order valence-corrected chi connectivity index (χ2v) is 11.8. The number of nitrogens with one attached hydrogen (secondary N) is 2. The average Bonchev–Trinajstić information content (AvgIpc) is 3.32.